The number of hydrogen-bond donors (Lipinski definition) is 5. The molecule has 0 bridgehead atoms. The summed E-state index contributed by atoms with van der Waals surface area (Å²) in [6.45, 7) is 5.11. The summed E-state index contributed by atoms with van der Waals surface area (Å²) >= 11 is 0. The lowest BCUT2D eigenvalue weighted by molar-refractivity contribution is -0.277. The van der Waals surface area contributed by atoms with Crippen molar-refractivity contribution in [1.29, 1.82) is 0 Å². The molecule has 1 aliphatic carbocycles. The summed E-state index contributed by atoms with van der Waals surface area (Å²) in [6, 6.07) is 0. The van der Waals surface area contributed by atoms with Crippen molar-refractivity contribution in [3.63, 3.8) is 0 Å². The molecule has 0 radical (unpaired) electrons. The third kappa shape index (κ3) is 3.84. The molecular weight excluding hydrogens is 324 g/mol. The largest absolute Gasteiger partial charge is 0.392 e. The molecule has 6 nitrogen and oxygen atoms in total. The van der Waals surface area contributed by atoms with Crippen molar-refractivity contribution in [2.45, 2.75) is 88.5 Å². The molecular formula is C19H32O6. The molecule has 0 spiro atoms. The lowest BCUT2D eigenvalue weighted by atomic mass is 9.68. The number of allylic oxidation sites excluding steroid dienone is 1. The molecule has 25 heavy (non-hydrogen) atoms. The van der Waals surface area contributed by atoms with Gasteiger partial charge in [0.1, 0.15) is 23.9 Å². The fourth-order valence-corrected chi connectivity index (χ4v) is 3.68. The van der Waals surface area contributed by atoms with E-state index in [2.05, 4.69) is 6.92 Å². The van der Waals surface area contributed by atoms with Gasteiger partial charge in [-0.1, -0.05) is 31.9 Å². The fourth-order valence-electron chi connectivity index (χ4n) is 3.68. The predicted molar refractivity (Wildman–Crippen MR) is 93.9 cm³/mol. The molecule has 0 saturated carbocycles. The molecule has 5 N–H and O–H groups in total. The third-order valence-electron chi connectivity index (χ3n) is 5.46. The Kier molecular flexibility index (Phi) is 6.46. The van der Waals surface area contributed by atoms with Gasteiger partial charge in [0.2, 0.25) is 0 Å². The maximum atomic E-state index is 10.9. The van der Waals surface area contributed by atoms with E-state index < -0.39 is 42.2 Å². The highest BCUT2D eigenvalue weighted by Gasteiger charge is 2.60. The Morgan fingerprint density at radius 1 is 1.20 bits per heavy atom. The van der Waals surface area contributed by atoms with Gasteiger partial charge in [-0.25, -0.2) is 0 Å². The fraction of sp³-hybridized carbons (Fsp3) is 0.789. The average molecular weight is 356 g/mol. The molecule has 6 heteroatoms. The quantitative estimate of drug-likeness (QED) is 0.451. The summed E-state index contributed by atoms with van der Waals surface area (Å²) in [7, 11) is 0. The van der Waals surface area contributed by atoms with E-state index in [0.29, 0.717) is 11.1 Å². The van der Waals surface area contributed by atoms with Gasteiger partial charge in [-0.15, -0.1) is 0 Å². The molecule has 0 unspecified atom stereocenters. The van der Waals surface area contributed by atoms with Gasteiger partial charge in [0.25, 0.3) is 0 Å². The molecule has 2 aliphatic rings. The molecule has 0 amide bonds. The highest BCUT2D eigenvalue weighted by Crippen LogP contribution is 2.45. The zero-order valence-electron chi connectivity index (χ0n) is 15.4. The Morgan fingerprint density at radius 2 is 1.88 bits per heavy atom. The van der Waals surface area contributed by atoms with Crippen molar-refractivity contribution in [3.05, 3.63) is 23.3 Å². The minimum absolute atomic E-state index is 0.139. The highest BCUT2D eigenvalue weighted by molar-refractivity contribution is 5.40. The van der Waals surface area contributed by atoms with Crippen molar-refractivity contribution in [2.75, 3.05) is 6.61 Å². The van der Waals surface area contributed by atoms with Gasteiger partial charge in [0.05, 0.1) is 18.3 Å². The minimum Gasteiger partial charge on any atom is -0.392 e. The van der Waals surface area contributed by atoms with Crippen LogP contribution in [-0.2, 0) is 4.74 Å². The Hall–Kier alpha value is -0.760. The van der Waals surface area contributed by atoms with Crippen LogP contribution >= 0.6 is 0 Å². The number of ether oxygens (including phenoxy) is 1. The normalized spacial score (nSPS) is 38.2. The predicted octanol–water partition coefficient (Wildman–Crippen LogP) is 0.807. The van der Waals surface area contributed by atoms with Crippen LogP contribution in [0.25, 0.3) is 0 Å². The van der Waals surface area contributed by atoms with Crippen molar-refractivity contribution < 1.29 is 30.3 Å². The van der Waals surface area contributed by atoms with Crippen molar-refractivity contribution in [3.8, 4) is 0 Å². The summed E-state index contributed by atoms with van der Waals surface area (Å²) in [6.07, 6.45) is 2.72. The number of aliphatic hydroxyl groups is 5. The van der Waals surface area contributed by atoms with Crippen LogP contribution in [0, 0.1) is 0 Å². The highest BCUT2D eigenvalue weighted by atomic mass is 16.5. The lowest BCUT2D eigenvalue weighted by Gasteiger charge is -2.54. The molecule has 0 aromatic carbocycles. The Labute approximate surface area is 149 Å². The van der Waals surface area contributed by atoms with Gasteiger partial charge in [0, 0.05) is 6.42 Å². The van der Waals surface area contributed by atoms with E-state index in [9.17, 15) is 25.5 Å². The third-order valence-corrected chi connectivity index (χ3v) is 5.46. The van der Waals surface area contributed by atoms with E-state index in [-0.39, 0.29) is 6.42 Å². The summed E-state index contributed by atoms with van der Waals surface area (Å²) in [5.74, 6) is 0. The van der Waals surface area contributed by atoms with Crippen LogP contribution < -0.4 is 0 Å². The van der Waals surface area contributed by atoms with E-state index >= 15 is 0 Å². The van der Waals surface area contributed by atoms with Crippen LogP contribution in [0.15, 0.2) is 23.3 Å². The SMILES string of the molecule is CCCCCC=CC1=C(CO)[C@H]2OC(C)(C)[C@H](O)C[C@@]2(O)[C@@H](O)[C@@H]1O. The summed E-state index contributed by atoms with van der Waals surface area (Å²) in [5.41, 5.74) is -2.04. The monoisotopic (exact) mass is 356 g/mol. The van der Waals surface area contributed by atoms with E-state index in [4.69, 9.17) is 4.74 Å². The zero-order chi connectivity index (χ0) is 18.8. The van der Waals surface area contributed by atoms with Crippen LogP contribution in [-0.4, -0.2) is 67.8 Å². The van der Waals surface area contributed by atoms with Crippen LogP contribution in [0.5, 0.6) is 0 Å². The second-order valence-electron chi connectivity index (χ2n) is 7.74. The topological polar surface area (TPSA) is 110 Å². The molecule has 1 saturated heterocycles. The first-order valence-corrected chi connectivity index (χ1v) is 9.13. The second-order valence-corrected chi connectivity index (χ2v) is 7.74. The minimum atomic E-state index is -1.84. The number of rotatable bonds is 6. The first-order valence-electron chi connectivity index (χ1n) is 9.13. The second kappa shape index (κ2) is 7.86. The number of fused-ring (bicyclic) bond motifs is 1. The van der Waals surface area contributed by atoms with Gasteiger partial charge in [-0.2, -0.15) is 0 Å². The van der Waals surface area contributed by atoms with Gasteiger partial charge in [0.15, 0.2) is 0 Å². The smallest absolute Gasteiger partial charge is 0.126 e. The molecule has 2 rings (SSSR count). The van der Waals surface area contributed by atoms with Crippen molar-refractivity contribution in [1.82, 2.24) is 0 Å². The first kappa shape index (κ1) is 20.6. The summed E-state index contributed by atoms with van der Waals surface area (Å²) in [4.78, 5) is 0. The maximum Gasteiger partial charge on any atom is 0.126 e. The standard InChI is InChI=1S/C19H32O6/c1-4-5-6-7-8-9-12-13(11-20)17-19(24,16(23)15(12)22)10-14(21)18(2,3)25-17/h8-9,14-17,20-24H,4-7,10-11H2,1-3H3/t14-,15-,16+,17-,19-/m1/s1. The molecule has 1 aliphatic heterocycles. The molecule has 0 aromatic heterocycles. The average Bonchev–Trinajstić information content (AvgIpc) is 2.55. The van der Waals surface area contributed by atoms with Crippen LogP contribution in [0.1, 0.15) is 52.9 Å². The molecule has 1 fully saturated rings. The van der Waals surface area contributed by atoms with Crippen molar-refractivity contribution >= 4 is 0 Å². The van der Waals surface area contributed by atoms with Crippen LogP contribution in [0.4, 0.5) is 0 Å². The maximum absolute atomic E-state index is 10.9. The van der Waals surface area contributed by atoms with Crippen LogP contribution in [0.2, 0.25) is 0 Å². The Morgan fingerprint density at radius 3 is 2.48 bits per heavy atom. The molecule has 0 aromatic rings. The molecule has 1 heterocycles. The molecule has 144 valence electrons. The first-order chi connectivity index (χ1) is 11.7. The van der Waals surface area contributed by atoms with E-state index in [1.165, 1.54) is 0 Å². The molecule has 5 atom stereocenters. The van der Waals surface area contributed by atoms with E-state index in [0.717, 1.165) is 25.7 Å². The van der Waals surface area contributed by atoms with Gasteiger partial charge in [-0.05, 0) is 37.8 Å². The van der Waals surface area contributed by atoms with Gasteiger partial charge in [-0.3, -0.25) is 0 Å². The Balaban J connectivity index is 2.36. The van der Waals surface area contributed by atoms with Gasteiger partial charge < -0.3 is 30.3 Å². The Bertz CT molecular complexity index is 526. The van der Waals surface area contributed by atoms with Crippen molar-refractivity contribution in [2.24, 2.45) is 0 Å². The number of hydrogen-bond acceptors (Lipinski definition) is 6. The summed E-state index contributed by atoms with van der Waals surface area (Å²) < 4.78 is 5.87. The summed E-state index contributed by atoms with van der Waals surface area (Å²) in [5, 5.41) is 52.0. The lowest BCUT2D eigenvalue weighted by Crippen LogP contribution is -2.69. The van der Waals surface area contributed by atoms with Crippen LogP contribution in [0.3, 0.4) is 0 Å². The van der Waals surface area contributed by atoms with E-state index in [1.54, 1.807) is 19.9 Å². The number of unbranched alkanes of at least 4 members (excludes halogenated alkanes) is 3. The van der Waals surface area contributed by atoms with E-state index in [1.807, 2.05) is 6.08 Å². The zero-order valence-corrected chi connectivity index (χ0v) is 15.4. The van der Waals surface area contributed by atoms with Gasteiger partial charge >= 0.3 is 0 Å². The number of aliphatic hydroxyl groups excluding tert-OH is 4.